The number of para-hydroxylation sites is 2. The second kappa shape index (κ2) is 11.7. The molecule has 3 heterocycles. The topological polar surface area (TPSA) is 8.17 Å². The number of fused-ring (bicyclic) bond motifs is 9. The first kappa shape index (κ1) is 29.5. The summed E-state index contributed by atoms with van der Waals surface area (Å²) in [5, 5.41) is 7.73. The van der Waals surface area contributed by atoms with E-state index in [1.807, 2.05) is 22.7 Å². The molecule has 0 radical (unpaired) electrons. The highest BCUT2D eigenvalue weighted by atomic mass is 32.1. The Morgan fingerprint density at radius 3 is 1.65 bits per heavy atom. The molecule has 0 saturated heterocycles. The summed E-state index contributed by atoms with van der Waals surface area (Å²) >= 11 is 3.73. The average molecular weight is 699 g/mol. The lowest BCUT2D eigenvalue weighted by molar-refractivity contribution is 1.18. The van der Waals surface area contributed by atoms with Gasteiger partial charge in [-0.2, -0.15) is 0 Å². The van der Waals surface area contributed by atoms with E-state index in [1.54, 1.807) is 0 Å². The molecule has 0 saturated carbocycles. The van der Waals surface area contributed by atoms with E-state index in [-0.39, 0.29) is 0 Å². The van der Waals surface area contributed by atoms with Crippen LogP contribution in [0.4, 0.5) is 17.1 Å². The number of hydrogen-bond donors (Lipinski definition) is 0. The summed E-state index contributed by atoms with van der Waals surface area (Å²) in [5.74, 6) is 0. The minimum absolute atomic E-state index is 1.12. The lowest BCUT2D eigenvalue weighted by Crippen LogP contribution is -2.09. The number of aromatic nitrogens is 1. The predicted molar refractivity (Wildman–Crippen MR) is 227 cm³/mol. The number of thiophene rings is 2. The van der Waals surface area contributed by atoms with E-state index >= 15 is 0 Å². The van der Waals surface area contributed by atoms with Crippen molar-refractivity contribution < 1.29 is 0 Å². The number of hydrogen-bond acceptors (Lipinski definition) is 3. The molecule has 0 aliphatic carbocycles. The maximum atomic E-state index is 2.42. The minimum Gasteiger partial charge on any atom is -0.310 e. The van der Waals surface area contributed by atoms with Gasteiger partial charge in [0.2, 0.25) is 0 Å². The van der Waals surface area contributed by atoms with Crippen molar-refractivity contribution in [1.82, 2.24) is 4.57 Å². The summed E-state index contributed by atoms with van der Waals surface area (Å²) in [6.07, 6.45) is 0. The molecule has 0 N–H and O–H groups in total. The molecule has 52 heavy (non-hydrogen) atoms. The van der Waals surface area contributed by atoms with Gasteiger partial charge in [-0.1, -0.05) is 97.1 Å². The van der Waals surface area contributed by atoms with Crippen molar-refractivity contribution in [2.45, 2.75) is 0 Å². The second-order valence-electron chi connectivity index (χ2n) is 13.4. The summed E-state index contributed by atoms with van der Waals surface area (Å²) in [5.41, 5.74) is 9.40. The molecule has 8 aromatic carbocycles. The van der Waals surface area contributed by atoms with Crippen molar-refractivity contribution in [3.8, 4) is 16.8 Å². The predicted octanol–water partition coefficient (Wildman–Crippen LogP) is 14.7. The fourth-order valence-corrected chi connectivity index (χ4v) is 10.2. The van der Waals surface area contributed by atoms with Gasteiger partial charge in [0, 0.05) is 73.9 Å². The summed E-state index contributed by atoms with van der Waals surface area (Å²) in [6, 6.07) is 66.7. The minimum atomic E-state index is 1.12. The quantitative estimate of drug-likeness (QED) is 0.174. The van der Waals surface area contributed by atoms with E-state index in [1.165, 1.54) is 73.3 Å². The maximum absolute atomic E-state index is 2.42. The molecule has 0 spiro atoms. The lowest BCUT2D eigenvalue weighted by Gasteiger charge is -2.26. The van der Waals surface area contributed by atoms with Crippen LogP contribution < -0.4 is 4.90 Å². The fourth-order valence-electron chi connectivity index (χ4n) is 7.96. The molecule has 2 nitrogen and oxygen atoms in total. The van der Waals surface area contributed by atoms with E-state index in [0.29, 0.717) is 0 Å². The molecular formula is C48H30N2S2. The molecule has 3 aromatic heterocycles. The van der Waals surface area contributed by atoms with Crippen molar-refractivity contribution in [1.29, 1.82) is 0 Å². The van der Waals surface area contributed by atoms with Gasteiger partial charge in [0.25, 0.3) is 0 Å². The van der Waals surface area contributed by atoms with Crippen LogP contribution in [0, 0.1) is 0 Å². The van der Waals surface area contributed by atoms with Crippen molar-refractivity contribution >= 4 is 102 Å². The van der Waals surface area contributed by atoms with E-state index in [2.05, 4.69) is 191 Å². The number of benzene rings is 8. The smallest absolute Gasteiger partial charge is 0.0542 e. The Labute approximate surface area is 308 Å². The number of nitrogens with zero attached hydrogens (tertiary/aromatic N) is 2. The third-order valence-electron chi connectivity index (χ3n) is 10.4. The average Bonchev–Trinajstić information content (AvgIpc) is 3.87. The van der Waals surface area contributed by atoms with Gasteiger partial charge in [-0.05, 0) is 96.1 Å². The van der Waals surface area contributed by atoms with Crippen LogP contribution in [0.15, 0.2) is 182 Å². The SMILES string of the molecule is c1ccc(-n2c3ccccc3c3cc(N(c4ccc(-c5ccc6c(c5)sc5ccccc56)cc4)c4ccc5sc6ccccc6c5c4)ccc32)cc1. The number of anilines is 3. The largest absolute Gasteiger partial charge is 0.310 e. The van der Waals surface area contributed by atoms with Crippen LogP contribution in [-0.4, -0.2) is 4.57 Å². The third-order valence-corrected chi connectivity index (χ3v) is 12.7. The zero-order valence-electron chi connectivity index (χ0n) is 28.0. The Hall–Kier alpha value is -6.20. The van der Waals surface area contributed by atoms with Crippen LogP contribution in [-0.2, 0) is 0 Å². The summed E-state index contributed by atoms with van der Waals surface area (Å²) < 4.78 is 7.66. The molecule has 0 bridgehead atoms. The lowest BCUT2D eigenvalue weighted by atomic mass is 10.0. The van der Waals surface area contributed by atoms with Gasteiger partial charge in [-0.15, -0.1) is 22.7 Å². The van der Waals surface area contributed by atoms with Gasteiger partial charge in [-0.3, -0.25) is 0 Å². The molecular weight excluding hydrogens is 669 g/mol. The van der Waals surface area contributed by atoms with E-state index in [9.17, 15) is 0 Å². The van der Waals surface area contributed by atoms with Gasteiger partial charge in [0.1, 0.15) is 0 Å². The second-order valence-corrected chi connectivity index (χ2v) is 15.5. The van der Waals surface area contributed by atoms with Crippen LogP contribution >= 0.6 is 22.7 Å². The molecule has 244 valence electrons. The molecule has 4 heteroatoms. The molecule has 11 aromatic rings. The van der Waals surface area contributed by atoms with Crippen molar-refractivity contribution in [2.75, 3.05) is 4.90 Å². The third kappa shape index (κ3) is 4.62. The first-order valence-electron chi connectivity index (χ1n) is 17.6. The number of rotatable bonds is 5. The highest BCUT2D eigenvalue weighted by molar-refractivity contribution is 7.26. The van der Waals surface area contributed by atoms with E-state index in [4.69, 9.17) is 0 Å². The molecule has 0 atom stereocenters. The zero-order valence-corrected chi connectivity index (χ0v) is 29.7. The Kier molecular flexibility index (Phi) is 6.63. The zero-order chi connectivity index (χ0) is 34.2. The first-order valence-corrected chi connectivity index (χ1v) is 19.2. The summed E-state index contributed by atoms with van der Waals surface area (Å²) in [6.45, 7) is 0. The van der Waals surface area contributed by atoms with Crippen molar-refractivity contribution in [3.05, 3.63) is 182 Å². The highest BCUT2D eigenvalue weighted by Crippen LogP contribution is 2.43. The van der Waals surface area contributed by atoms with Gasteiger partial charge in [0.15, 0.2) is 0 Å². The maximum Gasteiger partial charge on any atom is 0.0542 e. The summed E-state index contributed by atoms with van der Waals surface area (Å²) in [7, 11) is 0. The Morgan fingerprint density at radius 2 is 0.865 bits per heavy atom. The Balaban J connectivity index is 1.08. The monoisotopic (exact) mass is 698 g/mol. The van der Waals surface area contributed by atoms with Crippen molar-refractivity contribution in [2.24, 2.45) is 0 Å². The molecule has 0 fully saturated rings. The van der Waals surface area contributed by atoms with Crippen LogP contribution in [0.2, 0.25) is 0 Å². The van der Waals surface area contributed by atoms with Crippen LogP contribution in [0.1, 0.15) is 0 Å². The van der Waals surface area contributed by atoms with E-state index in [0.717, 1.165) is 22.7 Å². The van der Waals surface area contributed by atoms with Gasteiger partial charge >= 0.3 is 0 Å². The van der Waals surface area contributed by atoms with Crippen LogP contribution in [0.25, 0.3) is 79.0 Å². The fraction of sp³-hybridized carbons (Fsp3) is 0. The first-order chi connectivity index (χ1) is 25.8. The molecule has 0 unspecified atom stereocenters. The highest BCUT2D eigenvalue weighted by Gasteiger charge is 2.19. The van der Waals surface area contributed by atoms with Gasteiger partial charge < -0.3 is 9.47 Å². The molecule has 0 amide bonds. The van der Waals surface area contributed by atoms with Gasteiger partial charge in [-0.25, -0.2) is 0 Å². The summed E-state index contributed by atoms with van der Waals surface area (Å²) in [4.78, 5) is 2.42. The molecule has 11 rings (SSSR count). The Morgan fingerprint density at radius 1 is 0.327 bits per heavy atom. The molecule has 0 aliphatic heterocycles. The van der Waals surface area contributed by atoms with Crippen LogP contribution in [0.3, 0.4) is 0 Å². The standard InChI is InChI=1S/C48H30N2S2/c1-2-10-33(11-3-1)50-43-15-7-4-12-37(43)41-29-35(23-26-44(41)50)49(36-24-27-47-42(30-36)39-14-6-9-17-46(39)51-47)34-21-18-31(19-22-34)32-20-25-40-38-13-5-8-16-45(38)52-48(40)28-32/h1-30H. The van der Waals surface area contributed by atoms with E-state index < -0.39 is 0 Å². The van der Waals surface area contributed by atoms with Gasteiger partial charge in [0.05, 0.1) is 11.0 Å². The van der Waals surface area contributed by atoms with Crippen LogP contribution in [0.5, 0.6) is 0 Å². The molecule has 0 aliphatic rings. The normalized spacial score (nSPS) is 11.8. The van der Waals surface area contributed by atoms with Crippen molar-refractivity contribution in [3.63, 3.8) is 0 Å². The Bertz CT molecular complexity index is 3130.